The van der Waals surface area contributed by atoms with E-state index in [1.54, 1.807) is 31.2 Å². The van der Waals surface area contributed by atoms with Gasteiger partial charge in [-0.15, -0.1) is 11.3 Å². The molecule has 4 aromatic rings. The highest BCUT2D eigenvalue weighted by Gasteiger charge is 2.45. The molecule has 5 rings (SSSR count). The summed E-state index contributed by atoms with van der Waals surface area (Å²) in [6, 6.07) is 25.1. The second-order valence-electron chi connectivity index (χ2n) is 8.31. The van der Waals surface area contributed by atoms with Gasteiger partial charge in [-0.05, 0) is 43.7 Å². The summed E-state index contributed by atoms with van der Waals surface area (Å²) < 4.78 is 5.53. The number of hydrogen-bond acceptors (Lipinski definition) is 6. The molecule has 0 saturated carbocycles. The number of amides is 1. The van der Waals surface area contributed by atoms with Crippen LogP contribution in [0.15, 0.2) is 96.3 Å². The van der Waals surface area contributed by atoms with Gasteiger partial charge in [0.2, 0.25) is 5.78 Å². The van der Waals surface area contributed by atoms with E-state index >= 15 is 0 Å². The Morgan fingerprint density at radius 2 is 1.64 bits per heavy atom. The fourth-order valence-electron chi connectivity index (χ4n) is 4.36. The highest BCUT2D eigenvalue weighted by atomic mass is 32.1. The van der Waals surface area contributed by atoms with Gasteiger partial charge in [-0.1, -0.05) is 60.7 Å². The maximum atomic E-state index is 13.9. The predicted molar refractivity (Wildman–Crippen MR) is 141 cm³/mol. The van der Waals surface area contributed by atoms with Gasteiger partial charge in [0.1, 0.15) is 10.8 Å². The average Bonchev–Trinajstić information content (AvgIpc) is 3.43. The Hall–Kier alpha value is -4.23. The van der Waals surface area contributed by atoms with Crippen molar-refractivity contribution in [1.29, 1.82) is 0 Å². The van der Waals surface area contributed by atoms with E-state index < -0.39 is 23.5 Å². The van der Waals surface area contributed by atoms with Gasteiger partial charge in [0.25, 0.3) is 5.91 Å². The molecule has 180 valence electrons. The fourth-order valence-corrected chi connectivity index (χ4v) is 5.38. The zero-order valence-electron chi connectivity index (χ0n) is 19.8. The lowest BCUT2D eigenvalue weighted by Gasteiger charge is -2.27. The number of Topliss-reactive ketones (excluding diaryl/α,β-unsaturated/α-hetero) is 1. The molecular formula is C29H24N2O4S. The molecule has 2 heterocycles. The van der Waals surface area contributed by atoms with Gasteiger partial charge in [-0.3, -0.25) is 14.5 Å². The summed E-state index contributed by atoms with van der Waals surface area (Å²) in [6.45, 7) is 4.19. The SMILES string of the molecule is CCOc1ccc(N2C(=O)C(O)=C(C(=O)c3sc(-c4ccccc4)nc3C)C2c2ccccc2)cc1. The van der Waals surface area contributed by atoms with E-state index in [0.717, 1.165) is 11.1 Å². The number of ketones is 1. The van der Waals surface area contributed by atoms with Gasteiger partial charge < -0.3 is 9.84 Å². The summed E-state index contributed by atoms with van der Waals surface area (Å²) in [5.74, 6) is -0.898. The van der Waals surface area contributed by atoms with E-state index in [-0.39, 0.29) is 5.57 Å². The normalized spacial score (nSPS) is 15.4. The summed E-state index contributed by atoms with van der Waals surface area (Å²) in [6.07, 6.45) is 0. The third kappa shape index (κ3) is 4.18. The van der Waals surface area contributed by atoms with Crippen molar-refractivity contribution < 1.29 is 19.4 Å². The molecule has 1 N–H and O–H groups in total. The summed E-state index contributed by atoms with van der Waals surface area (Å²) in [5, 5.41) is 11.7. The maximum Gasteiger partial charge on any atom is 0.294 e. The second-order valence-corrected chi connectivity index (χ2v) is 9.31. The highest BCUT2D eigenvalue weighted by Crippen LogP contribution is 2.43. The van der Waals surface area contributed by atoms with Crippen LogP contribution in [0.5, 0.6) is 5.75 Å². The molecule has 0 radical (unpaired) electrons. The first-order valence-electron chi connectivity index (χ1n) is 11.6. The molecule has 1 aliphatic heterocycles. The second kappa shape index (κ2) is 9.79. The first-order valence-corrected chi connectivity index (χ1v) is 12.4. The molecule has 36 heavy (non-hydrogen) atoms. The number of carbonyl (C=O) groups excluding carboxylic acids is 2. The van der Waals surface area contributed by atoms with Crippen LogP contribution in [0.25, 0.3) is 10.6 Å². The van der Waals surface area contributed by atoms with Crippen LogP contribution in [-0.2, 0) is 4.79 Å². The molecule has 0 saturated heterocycles. The third-order valence-corrected chi connectivity index (χ3v) is 7.22. The monoisotopic (exact) mass is 496 g/mol. The van der Waals surface area contributed by atoms with Crippen LogP contribution >= 0.6 is 11.3 Å². The van der Waals surface area contributed by atoms with E-state index in [0.29, 0.717) is 33.6 Å². The van der Waals surface area contributed by atoms with Crippen LogP contribution in [0.3, 0.4) is 0 Å². The fraction of sp³-hybridized carbons (Fsp3) is 0.138. The van der Waals surface area contributed by atoms with Gasteiger partial charge in [-0.2, -0.15) is 0 Å². The highest BCUT2D eigenvalue weighted by molar-refractivity contribution is 7.17. The van der Waals surface area contributed by atoms with E-state index in [4.69, 9.17) is 4.74 Å². The molecule has 0 fully saturated rings. The number of thiazole rings is 1. The number of carbonyl (C=O) groups is 2. The minimum absolute atomic E-state index is 0.0476. The molecule has 3 aromatic carbocycles. The molecule has 1 aromatic heterocycles. The largest absolute Gasteiger partial charge is 0.503 e. The summed E-state index contributed by atoms with van der Waals surface area (Å²) in [5.41, 5.74) is 2.78. The summed E-state index contributed by atoms with van der Waals surface area (Å²) >= 11 is 1.26. The summed E-state index contributed by atoms with van der Waals surface area (Å²) in [7, 11) is 0. The van der Waals surface area contributed by atoms with E-state index in [9.17, 15) is 14.7 Å². The smallest absolute Gasteiger partial charge is 0.294 e. The van der Waals surface area contributed by atoms with Gasteiger partial charge >= 0.3 is 0 Å². The number of ether oxygens (including phenoxy) is 1. The van der Waals surface area contributed by atoms with Crippen molar-refractivity contribution in [3.63, 3.8) is 0 Å². The Balaban J connectivity index is 1.59. The summed E-state index contributed by atoms with van der Waals surface area (Å²) in [4.78, 5) is 33.8. The zero-order valence-corrected chi connectivity index (χ0v) is 20.7. The molecule has 0 aliphatic carbocycles. The first kappa shape index (κ1) is 23.5. The first-order chi connectivity index (χ1) is 17.5. The number of aliphatic hydroxyl groups is 1. The molecule has 1 aliphatic rings. The lowest BCUT2D eigenvalue weighted by Crippen LogP contribution is -2.31. The van der Waals surface area contributed by atoms with Crippen molar-refractivity contribution in [3.05, 3.63) is 112 Å². The molecule has 1 unspecified atom stereocenters. The lowest BCUT2D eigenvalue weighted by atomic mass is 9.95. The molecular weight excluding hydrogens is 472 g/mol. The number of aliphatic hydroxyl groups excluding tert-OH is 1. The standard InChI is InChI=1S/C29H24N2O4S/c1-3-35-22-16-14-21(15-17-22)31-24(19-10-6-4-7-11-19)23(26(33)29(31)34)25(32)27-18(2)30-28(36-27)20-12-8-5-9-13-20/h4-17,24,33H,3H2,1-2H3. The Kier molecular flexibility index (Phi) is 6.40. The van der Waals surface area contributed by atoms with Crippen LogP contribution < -0.4 is 9.64 Å². The van der Waals surface area contributed by atoms with E-state index in [1.165, 1.54) is 16.2 Å². The number of aryl methyl sites for hydroxylation is 1. The molecule has 6 nitrogen and oxygen atoms in total. The number of hydrogen-bond donors (Lipinski definition) is 1. The van der Waals surface area contributed by atoms with Crippen LogP contribution in [0, 0.1) is 6.92 Å². The molecule has 1 atom stereocenters. The van der Waals surface area contributed by atoms with Gasteiger partial charge in [0, 0.05) is 11.3 Å². The predicted octanol–water partition coefficient (Wildman–Crippen LogP) is 6.30. The quantitative estimate of drug-likeness (QED) is 0.304. The molecule has 0 bridgehead atoms. The van der Waals surface area contributed by atoms with Crippen molar-refractivity contribution in [2.45, 2.75) is 19.9 Å². The minimum Gasteiger partial charge on any atom is -0.503 e. The molecule has 0 spiro atoms. The Labute approximate surface area is 213 Å². The van der Waals surface area contributed by atoms with Gasteiger partial charge in [-0.25, -0.2) is 4.98 Å². The maximum absolute atomic E-state index is 13.9. The average molecular weight is 497 g/mol. The van der Waals surface area contributed by atoms with Crippen molar-refractivity contribution in [2.24, 2.45) is 0 Å². The minimum atomic E-state index is -0.786. The van der Waals surface area contributed by atoms with Crippen molar-refractivity contribution in [2.75, 3.05) is 11.5 Å². The van der Waals surface area contributed by atoms with Gasteiger partial charge in [0.15, 0.2) is 5.76 Å². The van der Waals surface area contributed by atoms with Crippen molar-refractivity contribution in [3.8, 4) is 16.3 Å². The number of rotatable bonds is 7. The van der Waals surface area contributed by atoms with Crippen LogP contribution in [0.1, 0.15) is 33.9 Å². The topological polar surface area (TPSA) is 79.7 Å². The van der Waals surface area contributed by atoms with Gasteiger partial charge in [0.05, 0.1) is 28.8 Å². The van der Waals surface area contributed by atoms with Crippen LogP contribution in [0.4, 0.5) is 5.69 Å². The number of nitrogens with zero attached hydrogens (tertiary/aromatic N) is 2. The van der Waals surface area contributed by atoms with Crippen molar-refractivity contribution in [1.82, 2.24) is 4.98 Å². The van der Waals surface area contributed by atoms with E-state index in [2.05, 4.69) is 4.98 Å². The lowest BCUT2D eigenvalue weighted by molar-refractivity contribution is -0.117. The number of anilines is 1. The van der Waals surface area contributed by atoms with E-state index in [1.807, 2.05) is 67.6 Å². The van der Waals surface area contributed by atoms with Crippen LogP contribution in [0.2, 0.25) is 0 Å². The zero-order chi connectivity index (χ0) is 25.2. The Morgan fingerprint density at radius 3 is 2.28 bits per heavy atom. The molecule has 1 amide bonds. The van der Waals surface area contributed by atoms with Crippen LogP contribution in [-0.4, -0.2) is 28.4 Å². The molecule has 7 heteroatoms. The number of benzene rings is 3. The number of aromatic nitrogens is 1. The third-order valence-electron chi connectivity index (χ3n) is 6.02. The van der Waals surface area contributed by atoms with Crippen molar-refractivity contribution >= 4 is 28.7 Å². The Bertz CT molecular complexity index is 1440. The Morgan fingerprint density at radius 1 is 1.00 bits per heavy atom.